The molecule has 0 atom stereocenters. The molecule has 0 aliphatic carbocycles. The van der Waals surface area contributed by atoms with Crippen LogP contribution in [0.1, 0.15) is 26.3 Å². The molecule has 0 amide bonds. The van der Waals surface area contributed by atoms with E-state index in [1.807, 2.05) is 0 Å². The van der Waals surface area contributed by atoms with Crippen molar-refractivity contribution in [2.24, 2.45) is 0 Å². The molecule has 3 aromatic carbocycles. The van der Waals surface area contributed by atoms with Crippen molar-refractivity contribution in [2.45, 2.75) is 76.0 Å². The zero-order valence-electron chi connectivity index (χ0n) is 23.5. The molecule has 3 aromatic rings. The van der Waals surface area contributed by atoms with E-state index >= 15 is 8.78 Å². The lowest BCUT2D eigenvalue weighted by Crippen LogP contribution is -2.71. The van der Waals surface area contributed by atoms with Gasteiger partial charge in [0.25, 0.3) is 0 Å². The van der Waals surface area contributed by atoms with Crippen LogP contribution in [0.15, 0.2) is 99.6 Å². The van der Waals surface area contributed by atoms with Gasteiger partial charge in [-0.3, -0.25) is 0 Å². The number of halogens is 13. The number of alkyl halides is 13. The van der Waals surface area contributed by atoms with Gasteiger partial charge in [-0.25, -0.2) is 3.63 Å². The van der Waals surface area contributed by atoms with Crippen LogP contribution in [0.5, 0.6) is 0 Å². The van der Waals surface area contributed by atoms with Crippen molar-refractivity contribution in [3.63, 3.8) is 0 Å². The first-order valence-corrected chi connectivity index (χ1v) is 15.5. The summed E-state index contributed by atoms with van der Waals surface area (Å²) < 4.78 is 211. The van der Waals surface area contributed by atoms with Crippen LogP contribution >= 0.6 is 10.3 Å². The number of hydrogen-bond donors (Lipinski definition) is 0. The van der Waals surface area contributed by atoms with Crippen molar-refractivity contribution in [1.82, 2.24) is 0 Å². The van der Waals surface area contributed by atoms with Gasteiger partial charge in [0, 0.05) is 14.7 Å². The molecule has 3 rings (SSSR count). The lowest BCUT2D eigenvalue weighted by molar-refractivity contribution is -0.433. The highest BCUT2D eigenvalue weighted by Crippen LogP contribution is 2.71. The first-order chi connectivity index (χ1) is 20.6. The maximum atomic E-state index is 15.2. The minimum absolute atomic E-state index is 0.332. The molecule has 0 radical (unpaired) electrons. The standard InChI is InChI=1S/C28H23F13O3S2/c1-22(2,3)18-14-16-21(17-15-18)45(19-10-6-4-7-11-19,20-12-8-5-9-13-20)44-46(42,43)28(40,41)26(35,36)24(31,32)23(29,30)25(33,34)27(37,38)39/h4-17H,1-3H3. The second kappa shape index (κ2) is 11.6. The van der Waals surface area contributed by atoms with Gasteiger partial charge in [0.05, 0.1) is 0 Å². The van der Waals surface area contributed by atoms with Crippen molar-refractivity contribution in [1.29, 1.82) is 0 Å². The van der Waals surface area contributed by atoms with E-state index in [1.165, 1.54) is 48.5 Å². The lowest BCUT2D eigenvalue weighted by atomic mass is 9.87. The van der Waals surface area contributed by atoms with E-state index in [2.05, 4.69) is 0 Å². The smallest absolute Gasteiger partial charge is 0.202 e. The summed E-state index contributed by atoms with van der Waals surface area (Å²) in [4.78, 5) is -1.01. The first-order valence-electron chi connectivity index (χ1n) is 12.6. The quantitative estimate of drug-likeness (QED) is 0.196. The largest absolute Gasteiger partial charge is 0.460 e. The van der Waals surface area contributed by atoms with Gasteiger partial charge in [-0.15, -0.1) is 0 Å². The Balaban J connectivity index is 2.35. The van der Waals surface area contributed by atoms with E-state index in [4.69, 9.17) is 3.63 Å². The zero-order valence-corrected chi connectivity index (χ0v) is 25.2. The molecule has 3 nitrogen and oxygen atoms in total. The van der Waals surface area contributed by atoms with Crippen molar-refractivity contribution in [2.75, 3.05) is 0 Å². The van der Waals surface area contributed by atoms with Crippen LogP contribution in [-0.4, -0.2) is 43.5 Å². The summed E-state index contributed by atoms with van der Waals surface area (Å²) in [6, 6.07) is 17.0. The summed E-state index contributed by atoms with van der Waals surface area (Å²) in [5.74, 6) is -32.8. The zero-order chi connectivity index (χ0) is 35.4. The highest BCUT2D eigenvalue weighted by Gasteiger charge is 2.93. The topological polar surface area (TPSA) is 43.4 Å². The highest BCUT2D eigenvalue weighted by atomic mass is 32.3. The van der Waals surface area contributed by atoms with Gasteiger partial charge in [0.2, 0.25) is 0 Å². The lowest BCUT2D eigenvalue weighted by Gasteiger charge is -2.42. The normalized spacial score (nSPS) is 15.1. The Bertz CT molecular complexity index is 1580. The molecule has 0 bridgehead atoms. The third-order valence-electron chi connectivity index (χ3n) is 6.61. The Morgan fingerprint density at radius 2 is 0.826 bits per heavy atom. The van der Waals surface area contributed by atoms with Gasteiger partial charge < -0.3 is 0 Å². The Hall–Kier alpha value is -2.99. The summed E-state index contributed by atoms with van der Waals surface area (Å²) in [6.45, 7) is 5.25. The minimum atomic E-state index is -8.33. The highest BCUT2D eigenvalue weighted by molar-refractivity contribution is 8.33. The Morgan fingerprint density at radius 3 is 1.17 bits per heavy atom. The van der Waals surface area contributed by atoms with Crippen molar-refractivity contribution >= 4 is 20.4 Å². The van der Waals surface area contributed by atoms with Crippen molar-refractivity contribution in [3.05, 3.63) is 90.5 Å². The monoisotopic (exact) mass is 718 g/mol. The fourth-order valence-electron chi connectivity index (χ4n) is 3.99. The van der Waals surface area contributed by atoms with Crippen LogP contribution < -0.4 is 0 Å². The average Bonchev–Trinajstić information content (AvgIpc) is 2.95. The summed E-state index contributed by atoms with van der Waals surface area (Å²) in [5.41, 5.74) is 0.00529. The van der Waals surface area contributed by atoms with E-state index in [0.717, 1.165) is 36.4 Å². The summed E-state index contributed by atoms with van der Waals surface area (Å²) in [5, 5.41) is -7.54. The minimum Gasteiger partial charge on any atom is -0.202 e. The van der Waals surface area contributed by atoms with Crippen molar-refractivity contribution in [3.8, 4) is 0 Å². The molecule has 0 aliphatic heterocycles. The van der Waals surface area contributed by atoms with Crippen LogP contribution in [0, 0.1) is 0 Å². The van der Waals surface area contributed by atoms with Gasteiger partial charge in [-0.1, -0.05) is 69.3 Å². The molecule has 256 valence electrons. The van der Waals surface area contributed by atoms with Crippen LogP contribution in [0.25, 0.3) is 0 Å². The molecular weight excluding hydrogens is 695 g/mol. The van der Waals surface area contributed by atoms with E-state index in [9.17, 15) is 56.7 Å². The molecule has 0 heterocycles. The van der Waals surface area contributed by atoms with Gasteiger partial charge >= 0.3 is 45.2 Å². The summed E-state index contributed by atoms with van der Waals surface area (Å²) in [6.07, 6.45) is -7.65. The van der Waals surface area contributed by atoms with Gasteiger partial charge in [-0.2, -0.15) is 65.5 Å². The number of hydrogen-bond acceptors (Lipinski definition) is 3. The van der Waals surface area contributed by atoms with E-state index < -0.39 is 61.0 Å². The Morgan fingerprint density at radius 1 is 0.478 bits per heavy atom. The maximum Gasteiger partial charge on any atom is 0.460 e. The molecule has 0 aliphatic rings. The fraction of sp³-hybridized carbons (Fsp3) is 0.357. The first kappa shape index (κ1) is 37.5. The van der Waals surface area contributed by atoms with Crippen LogP contribution in [0.4, 0.5) is 57.1 Å². The summed E-state index contributed by atoms with van der Waals surface area (Å²) in [7, 11) is -12.0. The average molecular weight is 719 g/mol. The van der Waals surface area contributed by atoms with Gasteiger partial charge in [-0.05, 0) is 57.7 Å². The van der Waals surface area contributed by atoms with Crippen LogP contribution in [0.3, 0.4) is 0 Å². The molecule has 0 unspecified atom stereocenters. The second-order valence-electron chi connectivity index (χ2n) is 10.8. The van der Waals surface area contributed by atoms with E-state index in [1.54, 1.807) is 20.8 Å². The molecule has 0 aromatic heterocycles. The molecule has 0 saturated heterocycles. The maximum absolute atomic E-state index is 15.2. The fourth-order valence-corrected chi connectivity index (χ4v) is 9.20. The van der Waals surface area contributed by atoms with Crippen molar-refractivity contribution < 1.29 is 69.1 Å². The molecular formula is C28H23F13O3S2. The molecule has 46 heavy (non-hydrogen) atoms. The van der Waals surface area contributed by atoms with Crippen LogP contribution in [0.2, 0.25) is 0 Å². The second-order valence-corrected chi connectivity index (χ2v) is 15.3. The van der Waals surface area contributed by atoms with Gasteiger partial charge in [0.1, 0.15) is 0 Å². The summed E-state index contributed by atoms with van der Waals surface area (Å²) >= 11 is 0. The van der Waals surface area contributed by atoms with Gasteiger partial charge in [0.15, 0.2) is 0 Å². The van der Waals surface area contributed by atoms with Crippen LogP contribution in [-0.2, 0) is 19.2 Å². The predicted molar refractivity (Wildman–Crippen MR) is 141 cm³/mol. The predicted octanol–water partition coefficient (Wildman–Crippen LogP) is 10.2. The molecule has 0 fully saturated rings. The van der Waals surface area contributed by atoms with E-state index in [-0.39, 0.29) is 14.7 Å². The van der Waals surface area contributed by atoms with E-state index in [0.29, 0.717) is 5.56 Å². The number of benzene rings is 3. The molecule has 0 saturated carbocycles. The molecule has 18 heteroatoms. The Labute approximate surface area is 256 Å². The molecule has 0 spiro atoms. The third kappa shape index (κ3) is 5.73. The molecule has 0 N–H and O–H groups in total. The number of rotatable bonds is 10. The Kier molecular flexibility index (Phi) is 9.46. The third-order valence-corrected chi connectivity index (χ3v) is 11.8. The SMILES string of the molecule is CC(C)(C)c1ccc(S(OS(=O)(=O)C(F)(F)C(F)(F)C(F)(F)C(F)(F)C(F)(F)C(F)(F)F)(c2ccccc2)c2ccccc2)cc1.